The number of nitrogens with zero attached hydrogens (tertiary/aromatic N) is 2. The van der Waals surface area contributed by atoms with Crippen LogP contribution in [0.5, 0.6) is 0 Å². The Morgan fingerprint density at radius 3 is 2.76 bits per heavy atom. The van der Waals surface area contributed by atoms with E-state index in [1.807, 2.05) is 36.4 Å². The average Bonchev–Trinajstić information content (AvgIpc) is 2.49. The van der Waals surface area contributed by atoms with Crippen molar-refractivity contribution in [3.05, 3.63) is 68.1 Å². The highest BCUT2D eigenvalue weighted by molar-refractivity contribution is 9.10. The maximum Gasteiger partial charge on any atom is 0.420 e. The number of aryl methyl sites for hydroxylation is 1. The van der Waals surface area contributed by atoms with E-state index in [4.69, 9.17) is 16.0 Å². The maximum atomic E-state index is 11.9. The normalized spacial score (nSPS) is 12.0. The van der Waals surface area contributed by atoms with Gasteiger partial charge in [0, 0.05) is 11.5 Å². The summed E-state index contributed by atoms with van der Waals surface area (Å²) in [5.41, 5.74) is 1.53. The van der Waals surface area contributed by atoms with Crippen molar-refractivity contribution in [2.45, 2.75) is 0 Å². The molecule has 21 heavy (non-hydrogen) atoms. The van der Waals surface area contributed by atoms with Gasteiger partial charge in [-0.2, -0.15) is 0 Å². The van der Waals surface area contributed by atoms with E-state index in [0.717, 1.165) is 15.4 Å². The molecule has 6 heteroatoms. The lowest BCUT2D eigenvalue weighted by Gasteiger charge is -2.04. The molecule has 3 rings (SSSR count). The molecule has 2 aromatic carbocycles. The summed E-state index contributed by atoms with van der Waals surface area (Å²) in [6, 6.07) is 12.8. The van der Waals surface area contributed by atoms with Gasteiger partial charge in [-0.15, -0.1) is 0 Å². The molecule has 1 aromatic heterocycles. The molecule has 0 fully saturated rings. The fourth-order valence-corrected chi connectivity index (χ4v) is 2.55. The van der Waals surface area contributed by atoms with Gasteiger partial charge in [-0.25, -0.2) is 9.79 Å². The van der Waals surface area contributed by atoms with E-state index in [9.17, 15) is 4.79 Å². The minimum atomic E-state index is -0.474. The van der Waals surface area contributed by atoms with Crippen molar-refractivity contribution in [1.29, 1.82) is 0 Å². The predicted molar refractivity (Wildman–Crippen MR) is 85.8 cm³/mol. The molecule has 4 nitrogen and oxygen atoms in total. The summed E-state index contributed by atoms with van der Waals surface area (Å²) in [6.07, 6.45) is 0. The van der Waals surface area contributed by atoms with Gasteiger partial charge in [-0.05, 0) is 40.2 Å². The van der Waals surface area contributed by atoms with Gasteiger partial charge in [0.25, 0.3) is 0 Å². The third-order valence-corrected chi connectivity index (χ3v) is 4.39. The molecule has 106 valence electrons. The number of para-hydroxylation sites is 1. The SMILES string of the molecule is Cn1c(=O)oc(=Nc2cccc(Br)c2Cl)c2ccccc21. The van der Waals surface area contributed by atoms with Gasteiger partial charge in [0.1, 0.15) is 0 Å². The van der Waals surface area contributed by atoms with Crippen LogP contribution in [0, 0.1) is 0 Å². The Labute approximate surface area is 133 Å². The summed E-state index contributed by atoms with van der Waals surface area (Å²) in [4.78, 5) is 16.3. The van der Waals surface area contributed by atoms with Crippen molar-refractivity contribution >= 4 is 44.1 Å². The fraction of sp³-hybridized carbons (Fsp3) is 0.0667. The van der Waals surface area contributed by atoms with Crippen LogP contribution in [-0.4, -0.2) is 4.57 Å². The molecule has 3 aromatic rings. The monoisotopic (exact) mass is 364 g/mol. The first kappa shape index (κ1) is 14.1. The first-order chi connectivity index (χ1) is 10.1. The quantitative estimate of drug-likeness (QED) is 0.659. The molecule has 0 N–H and O–H groups in total. The van der Waals surface area contributed by atoms with Gasteiger partial charge >= 0.3 is 5.76 Å². The van der Waals surface area contributed by atoms with Crippen LogP contribution in [0.3, 0.4) is 0 Å². The van der Waals surface area contributed by atoms with E-state index in [-0.39, 0.29) is 5.55 Å². The summed E-state index contributed by atoms with van der Waals surface area (Å²) in [6.45, 7) is 0. The van der Waals surface area contributed by atoms with Gasteiger partial charge < -0.3 is 4.42 Å². The second-order valence-electron chi connectivity index (χ2n) is 4.43. The lowest BCUT2D eigenvalue weighted by Crippen LogP contribution is -2.23. The van der Waals surface area contributed by atoms with Crippen LogP contribution >= 0.6 is 27.5 Å². The summed E-state index contributed by atoms with van der Waals surface area (Å²) in [5.74, 6) is -0.474. The predicted octanol–water partition coefficient (Wildman–Crippen LogP) is 3.78. The smallest absolute Gasteiger partial charge is 0.390 e. The lowest BCUT2D eigenvalue weighted by molar-refractivity contribution is 0.423. The molecule has 0 spiro atoms. The van der Waals surface area contributed by atoms with Gasteiger partial charge in [0.05, 0.1) is 21.6 Å². The van der Waals surface area contributed by atoms with E-state index < -0.39 is 5.76 Å². The molecule has 0 atom stereocenters. The van der Waals surface area contributed by atoms with Crippen molar-refractivity contribution in [2.24, 2.45) is 12.0 Å². The zero-order valence-electron chi connectivity index (χ0n) is 11.0. The first-order valence-corrected chi connectivity index (χ1v) is 7.32. The Morgan fingerprint density at radius 2 is 1.95 bits per heavy atom. The molecular weight excluding hydrogens is 356 g/mol. The second kappa shape index (κ2) is 5.50. The van der Waals surface area contributed by atoms with Crippen LogP contribution in [0.15, 0.2) is 61.1 Å². The summed E-state index contributed by atoms with van der Waals surface area (Å²) in [5, 5.41) is 1.22. The Hall–Kier alpha value is -1.85. The minimum absolute atomic E-state index is 0.244. The van der Waals surface area contributed by atoms with E-state index in [2.05, 4.69) is 20.9 Å². The van der Waals surface area contributed by atoms with E-state index in [1.54, 1.807) is 13.1 Å². The maximum absolute atomic E-state index is 11.9. The Kier molecular flexibility index (Phi) is 3.69. The summed E-state index contributed by atoms with van der Waals surface area (Å²) < 4.78 is 7.46. The molecule has 0 radical (unpaired) electrons. The summed E-state index contributed by atoms with van der Waals surface area (Å²) >= 11 is 9.55. The average molecular weight is 366 g/mol. The Morgan fingerprint density at radius 1 is 1.19 bits per heavy atom. The number of fused-ring (bicyclic) bond motifs is 1. The lowest BCUT2D eigenvalue weighted by atomic mass is 10.2. The van der Waals surface area contributed by atoms with Gasteiger partial charge in [-0.3, -0.25) is 4.57 Å². The van der Waals surface area contributed by atoms with Gasteiger partial charge in [0.2, 0.25) is 5.55 Å². The highest BCUT2D eigenvalue weighted by Gasteiger charge is 2.07. The zero-order chi connectivity index (χ0) is 15.0. The van der Waals surface area contributed by atoms with Crippen LogP contribution in [0.1, 0.15) is 0 Å². The Bertz CT molecular complexity index is 960. The largest absolute Gasteiger partial charge is 0.420 e. The van der Waals surface area contributed by atoms with Crippen molar-refractivity contribution in [3.63, 3.8) is 0 Å². The number of aromatic nitrogens is 1. The van der Waals surface area contributed by atoms with Crippen LogP contribution in [-0.2, 0) is 7.05 Å². The molecule has 0 aliphatic rings. The van der Waals surface area contributed by atoms with Gasteiger partial charge in [0.15, 0.2) is 0 Å². The van der Waals surface area contributed by atoms with E-state index in [0.29, 0.717) is 10.7 Å². The number of halogens is 2. The fourth-order valence-electron chi connectivity index (χ4n) is 2.02. The third-order valence-electron chi connectivity index (χ3n) is 3.11. The van der Waals surface area contributed by atoms with Crippen LogP contribution in [0.2, 0.25) is 5.02 Å². The standard InChI is InChI=1S/C15H10BrClN2O2/c1-19-12-8-3-2-5-9(12)14(21-15(19)20)18-11-7-4-6-10(16)13(11)17/h2-8H,1H3. The molecular formula is C15H10BrClN2O2. The number of hydrogen-bond donors (Lipinski definition) is 0. The summed E-state index contributed by atoms with van der Waals surface area (Å²) in [7, 11) is 1.66. The first-order valence-electron chi connectivity index (χ1n) is 6.15. The molecule has 0 amide bonds. The molecule has 0 saturated carbocycles. The molecule has 0 saturated heterocycles. The molecule has 0 aliphatic carbocycles. The van der Waals surface area contributed by atoms with Crippen LogP contribution < -0.4 is 11.3 Å². The van der Waals surface area contributed by atoms with Gasteiger partial charge in [-0.1, -0.05) is 29.8 Å². The molecule has 0 bridgehead atoms. The molecule has 0 unspecified atom stereocenters. The van der Waals surface area contributed by atoms with E-state index >= 15 is 0 Å². The topological polar surface area (TPSA) is 47.5 Å². The minimum Gasteiger partial charge on any atom is -0.390 e. The van der Waals surface area contributed by atoms with Crippen molar-refractivity contribution < 1.29 is 4.42 Å². The molecule has 1 heterocycles. The zero-order valence-corrected chi connectivity index (χ0v) is 13.4. The van der Waals surface area contributed by atoms with Crippen molar-refractivity contribution in [2.75, 3.05) is 0 Å². The second-order valence-corrected chi connectivity index (χ2v) is 5.67. The van der Waals surface area contributed by atoms with Crippen LogP contribution in [0.4, 0.5) is 5.69 Å². The van der Waals surface area contributed by atoms with Crippen molar-refractivity contribution in [1.82, 2.24) is 4.57 Å². The highest BCUT2D eigenvalue weighted by Crippen LogP contribution is 2.31. The third kappa shape index (κ3) is 2.54. The number of rotatable bonds is 1. The number of benzene rings is 2. The van der Waals surface area contributed by atoms with Crippen molar-refractivity contribution in [3.8, 4) is 0 Å². The Balaban J connectivity index is 2.40. The number of hydrogen-bond acceptors (Lipinski definition) is 3. The van der Waals surface area contributed by atoms with Crippen LogP contribution in [0.25, 0.3) is 10.9 Å². The highest BCUT2D eigenvalue weighted by atomic mass is 79.9. The van der Waals surface area contributed by atoms with E-state index in [1.165, 1.54) is 4.57 Å². The molecule has 0 aliphatic heterocycles.